The van der Waals surface area contributed by atoms with Crippen LogP contribution in [-0.4, -0.2) is 31.0 Å². The van der Waals surface area contributed by atoms with Crippen LogP contribution in [-0.2, 0) is 9.59 Å². The molecule has 130 valence electrons. The van der Waals surface area contributed by atoms with Crippen molar-refractivity contribution in [3.63, 3.8) is 0 Å². The van der Waals surface area contributed by atoms with Crippen LogP contribution in [0.15, 0.2) is 24.3 Å². The number of nitrogens with two attached hydrogens (primary N) is 1. The van der Waals surface area contributed by atoms with Gasteiger partial charge in [-0.2, -0.15) is 0 Å². The lowest BCUT2D eigenvalue weighted by Crippen LogP contribution is -2.42. The Bertz CT molecular complexity index is 640. The second-order valence-corrected chi connectivity index (χ2v) is 5.94. The van der Waals surface area contributed by atoms with E-state index in [0.29, 0.717) is 25.3 Å². The minimum atomic E-state index is -0.562. The van der Waals surface area contributed by atoms with Crippen molar-refractivity contribution in [2.45, 2.75) is 39.2 Å². The first kappa shape index (κ1) is 18.0. The van der Waals surface area contributed by atoms with Gasteiger partial charge in [0.25, 0.3) is 0 Å². The fraction of sp³-hybridized carbons (Fsp3) is 0.444. The number of carbonyl (C=O) groups is 2. The van der Waals surface area contributed by atoms with Gasteiger partial charge in [-0.05, 0) is 56.5 Å². The van der Waals surface area contributed by atoms with Crippen molar-refractivity contribution in [3.05, 3.63) is 29.8 Å². The molecule has 0 unspecified atom stereocenters. The number of ether oxygens (including phenoxy) is 1. The molecular formula is C18H25N3O3. The predicted octanol–water partition coefficient (Wildman–Crippen LogP) is 2.05. The Morgan fingerprint density at radius 3 is 2.83 bits per heavy atom. The fourth-order valence-electron chi connectivity index (χ4n) is 2.65. The zero-order valence-electron chi connectivity index (χ0n) is 14.2. The summed E-state index contributed by atoms with van der Waals surface area (Å²) < 4.78 is 5.61. The summed E-state index contributed by atoms with van der Waals surface area (Å²) in [5, 5.41) is 5.55. The summed E-state index contributed by atoms with van der Waals surface area (Å²) in [5.74, 6) is 0.301. The van der Waals surface area contributed by atoms with E-state index in [0.717, 1.165) is 29.7 Å². The molecular weight excluding hydrogens is 306 g/mol. The standard InChI is InChI=1S/C18H25N3O3/c1-12-8-10-24-17-11-14(6-7-15(12)17)21-18(23)16(20-13(2)22)5-3-4-9-19/h6-8,11,16H,3-5,9-10,19H2,1-2H3,(H,20,22)(H,21,23)/t16-/m0/s1. The second kappa shape index (κ2) is 8.49. The number of unbranched alkanes of at least 4 members (excludes halogenated alkanes) is 1. The first-order valence-corrected chi connectivity index (χ1v) is 8.23. The average Bonchev–Trinajstić information content (AvgIpc) is 2.54. The Morgan fingerprint density at radius 2 is 2.12 bits per heavy atom. The number of allylic oxidation sites excluding steroid dienone is 1. The van der Waals surface area contributed by atoms with Gasteiger partial charge in [0.15, 0.2) is 0 Å². The third-order valence-corrected chi connectivity index (χ3v) is 3.94. The van der Waals surface area contributed by atoms with Crippen molar-refractivity contribution in [1.82, 2.24) is 5.32 Å². The topological polar surface area (TPSA) is 93.5 Å². The van der Waals surface area contributed by atoms with Gasteiger partial charge in [-0.25, -0.2) is 0 Å². The van der Waals surface area contributed by atoms with Gasteiger partial charge >= 0.3 is 0 Å². The van der Waals surface area contributed by atoms with Crippen LogP contribution in [0.25, 0.3) is 5.57 Å². The third-order valence-electron chi connectivity index (χ3n) is 3.94. The van der Waals surface area contributed by atoms with Crippen LogP contribution in [0.3, 0.4) is 0 Å². The zero-order chi connectivity index (χ0) is 17.5. The van der Waals surface area contributed by atoms with Crippen molar-refractivity contribution in [2.24, 2.45) is 5.73 Å². The molecule has 0 aromatic heterocycles. The van der Waals surface area contributed by atoms with E-state index in [2.05, 4.69) is 10.6 Å². The van der Waals surface area contributed by atoms with Crippen LogP contribution < -0.4 is 21.1 Å². The number of hydrogen-bond donors (Lipinski definition) is 3. The highest BCUT2D eigenvalue weighted by Crippen LogP contribution is 2.31. The summed E-state index contributed by atoms with van der Waals surface area (Å²) in [7, 11) is 0. The lowest BCUT2D eigenvalue weighted by molar-refractivity contribution is -0.125. The summed E-state index contributed by atoms with van der Waals surface area (Å²) in [6.45, 7) is 4.54. The first-order chi connectivity index (χ1) is 11.5. The van der Waals surface area contributed by atoms with E-state index in [9.17, 15) is 9.59 Å². The molecule has 4 N–H and O–H groups in total. The van der Waals surface area contributed by atoms with Crippen molar-refractivity contribution < 1.29 is 14.3 Å². The van der Waals surface area contributed by atoms with Crippen LogP contribution in [0.5, 0.6) is 5.75 Å². The number of rotatable bonds is 7. The van der Waals surface area contributed by atoms with Gasteiger partial charge in [0.1, 0.15) is 18.4 Å². The maximum absolute atomic E-state index is 12.5. The summed E-state index contributed by atoms with van der Waals surface area (Å²) in [5.41, 5.74) is 8.33. The summed E-state index contributed by atoms with van der Waals surface area (Å²) in [4.78, 5) is 23.8. The fourth-order valence-corrected chi connectivity index (χ4v) is 2.65. The molecule has 1 atom stereocenters. The number of nitrogens with one attached hydrogen (secondary N) is 2. The minimum absolute atomic E-state index is 0.225. The maximum Gasteiger partial charge on any atom is 0.246 e. The smallest absolute Gasteiger partial charge is 0.246 e. The van der Waals surface area contributed by atoms with Gasteiger partial charge < -0.3 is 21.1 Å². The molecule has 1 aromatic rings. The molecule has 24 heavy (non-hydrogen) atoms. The Hall–Kier alpha value is -2.34. The monoisotopic (exact) mass is 331 g/mol. The van der Waals surface area contributed by atoms with Crippen LogP contribution in [0.1, 0.15) is 38.7 Å². The van der Waals surface area contributed by atoms with Gasteiger partial charge in [-0.1, -0.05) is 0 Å². The number of benzene rings is 1. The molecule has 1 aromatic carbocycles. The zero-order valence-corrected chi connectivity index (χ0v) is 14.2. The number of hydrogen-bond acceptors (Lipinski definition) is 4. The molecule has 0 fully saturated rings. The molecule has 0 bridgehead atoms. The van der Waals surface area contributed by atoms with Gasteiger partial charge in [0.2, 0.25) is 11.8 Å². The normalized spacial score (nSPS) is 14.0. The number of fused-ring (bicyclic) bond motifs is 1. The molecule has 0 saturated carbocycles. The van der Waals surface area contributed by atoms with Gasteiger partial charge in [-0.3, -0.25) is 9.59 Å². The van der Waals surface area contributed by atoms with E-state index < -0.39 is 6.04 Å². The Labute approximate surface area is 142 Å². The SMILES string of the molecule is CC(=O)N[C@@H](CCCCN)C(=O)Nc1ccc2c(c1)OCC=C2C. The van der Waals surface area contributed by atoms with E-state index in [4.69, 9.17) is 10.5 Å². The Kier molecular flexibility index (Phi) is 6.37. The van der Waals surface area contributed by atoms with Crippen LogP contribution in [0.2, 0.25) is 0 Å². The Morgan fingerprint density at radius 1 is 1.33 bits per heavy atom. The van der Waals surface area contributed by atoms with Crippen LogP contribution in [0.4, 0.5) is 5.69 Å². The highest BCUT2D eigenvalue weighted by molar-refractivity contribution is 5.97. The Balaban J connectivity index is 2.05. The van der Waals surface area contributed by atoms with Crippen LogP contribution >= 0.6 is 0 Å². The van der Waals surface area contributed by atoms with E-state index in [1.807, 2.05) is 31.2 Å². The third kappa shape index (κ3) is 4.83. The molecule has 0 spiro atoms. The molecule has 6 heteroatoms. The highest BCUT2D eigenvalue weighted by atomic mass is 16.5. The molecule has 2 amide bonds. The molecule has 2 rings (SSSR count). The molecule has 0 saturated heterocycles. The first-order valence-electron chi connectivity index (χ1n) is 8.23. The molecule has 0 radical (unpaired) electrons. The molecule has 1 aliphatic heterocycles. The molecule has 1 heterocycles. The lowest BCUT2D eigenvalue weighted by Gasteiger charge is -2.20. The quantitative estimate of drug-likeness (QED) is 0.667. The largest absolute Gasteiger partial charge is 0.489 e. The van der Waals surface area contributed by atoms with Gasteiger partial charge in [-0.15, -0.1) is 0 Å². The molecule has 6 nitrogen and oxygen atoms in total. The molecule has 0 aliphatic carbocycles. The van der Waals surface area contributed by atoms with E-state index >= 15 is 0 Å². The molecule has 1 aliphatic rings. The van der Waals surface area contributed by atoms with Crippen molar-refractivity contribution in [2.75, 3.05) is 18.5 Å². The van der Waals surface area contributed by atoms with Crippen molar-refractivity contribution in [1.29, 1.82) is 0 Å². The average molecular weight is 331 g/mol. The van der Waals surface area contributed by atoms with Crippen LogP contribution in [0, 0.1) is 0 Å². The highest BCUT2D eigenvalue weighted by Gasteiger charge is 2.20. The number of carbonyl (C=O) groups excluding carboxylic acids is 2. The van der Waals surface area contributed by atoms with E-state index in [1.54, 1.807) is 0 Å². The van der Waals surface area contributed by atoms with Gasteiger partial charge in [0, 0.05) is 24.2 Å². The van der Waals surface area contributed by atoms with Crippen molar-refractivity contribution in [3.8, 4) is 5.75 Å². The lowest BCUT2D eigenvalue weighted by atomic mass is 10.0. The van der Waals surface area contributed by atoms with E-state index in [-0.39, 0.29) is 11.8 Å². The summed E-state index contributed by atoms with van der Waals surface area (Å²) >= 11 is 0. The minimum Gasteiger partial charge on any atom is -0.489 e. The summed E-state index contributed by atoms with van der Waals surface area (Å²) in [6, 6.07) is 5.02. The van der Waals surface area contributed by atoms with Crippen molar-refractivity contribution >= 4 is 23.1 Å². The number of amides is 2. The van der Waals surface area contributed by atoms with Gasteiger partial charge in [0.05, 0.1) is 0 Å². The number of anilines is 1. The maximum atomic E-state index is 12.5. The predicted molar refractivity (Wildman–Crippen MR) is 94.7 cm³/mol. The second-order valence-electron chi connectivity index (χ2n) is 5.94. The van der Waals surface area contributed by atoms with E-state index in [1.165, 1.54) is 6.92 Å². The summed E-state index contributed by atoms with van der Waals surface area (Å²) in [6.07, 6.45) is 4.19.